The maximum absolute atomic E-state index is 9.90. The number of carboxylic acid groups (broad SMARTS) is 1. The third-order valence-corrected chi connectivity index (χ3v) is 2.33. The second-order valence-corrected chi connectivity index (χ2v) is 3.85. The molecule has 0 saturated carbocycles. The number of carboxylic acids is 1. The highest BCUT2D eigenvalue weighted by atomic mass is 32.1. The number of hydrogen-bond donors (Lipinski definition) is 8. The van der Waals surface area contributed by atoms with Crippen LogP contribution in [0.3, 0.4) is 0 Å². The molecule has 10 heteroatoms. The number of nitrogens with two attached hydrogens (primary N) is 1. The Hall–Kier alpha value is -0.750. The summed E-state index contributed by atoms with van der Waals surface area (Å²) in [6, 6.07) is -0.816. The number of aldehydes is 1. The van der Waals surface area contributed by atoms with Gasteiger partial charge in [0.25, 0.3) is 0 Å². The van der Waals surface area contributed by atoms with Gasteiger partial charge in [-0.2, -0.15) is 12.6 Å². The van der Waals surface area contributed by atoms with Crippen molar-refractivity contribution in [3.8, 4) is 0 Å². The Labute approximate surface area is 114 Å². The fourth-order valence-electron chi connectivity index (χ4n) is 0.696. The summed E-state index contributed by atoms with van der Waals surface area (Å²) in [5.41, 5.74) is 4.94. The van der Waals surface area contributed by atoms with E-state index >= 15 is 0 Å². The Balaban J connectivity index is 0. The molecular weight excluding hydrogens is 282 g/mol. The van der Waals surface area contributed by atoms with Crippen LogP contribution < -0.4 is 5.73 Å². The van der Waals surface area contributed by atoms with E-state index in [1.54, 1.807) is 0 Å². The first-order chi connectivity index (χ1) is 8.72. The van der Waals surface area contributed by atoms with Crippen molar-refractivity contribution >= 4 is 24.9 Å². The SMILES string of the molecule is N[C@H](CS)C(=O)O.O=C[C@H](O)[C@@H](O)[C@H](O)[C@H](O)CO. The molecule has 0 aromatic carbocycles. The predicted octanol–water partition coefficient (Wildman–Crippen LogP) is -4.05. The lowest BCUT2D eigenvalue weighted by molar-refractivity contribution is -0.138. The summed E-state index contributed by atoms with van der Waals surface area (Å²) in [6.45, 7) is -0.760. The Morgan fingerprint density at radius 1 is 1.21 bits per heavy atom. The highest BCUT2D eigenvalue weighted by molar-refractivity contribution is 7.80. The van der Waals surface area contributed by atoms with Crippen molar-refractivity contribution in [3.05, 3.63) is 0 Å². The van der Waals surface area contributed by atoms with Gasteiger partial charge in [0.15, 0.2) is 6.29 Å². The topological polar surface area (TPSA) is 182 Å². The van der Waals surface area contributed by atoms with Crippen LogP contribution in [-0.2, 0) is 9.59 Å². The van der Waals surface area contributed by atoms with Crippen molar-refractivity contribution in [2.75, 3.05) is 12.4 Å². The predicted molar refractivity (Wildman–Crippen MR) is 66.6 cm³/mol. The third kappa shape index (κ3) is 8.88. The van der Waals surface area contributed by atoms with Gasteiger partial charge in [-0.05, 0) is 0 Å². The molecule has 8 N–H and O–H groups in total. The van der Waals surface area contributed by atoms with E-state index in [1.807, 2.05) is 0 Å². The molecule has 0 aliphatic heterocycles. The summed E-state index contributed by atoms with van der Waals surface area (Å²) in [5.74, 6) is -0.815. The number of rotatable bonds is 7. The second kappa shape index (κ2) is 11.1. The molecule has 0 aliphatic carbocycles. The van der Waals surface area contributed by atoms with Crippen molar-refractivity contribution < 1.29 is 40.2 Å². The van der Waals surface area contributed by atoms with Crippen LogP contribution in [0.25, 0.3) is 0 Å². The van der Waals surface area contributed by atoms with E-state index in [2.05, 4.69) is 12.6 Å². The molecule has 19 heavy (non-hydrogen) atoms. The van der Waals surface area contributed by atoms with Gasteiger partial charge in [0.2, 0.25) is 0 Å². The van der Waals surface area contributed by atoms with E-state index in [4.69, 9.17) is 36.4 Å². The van der Waals surface area contributed by atoms with E-state index < -0.39 is 43.0 Å². The summed E-state index contributed by atoms with van der Waals surface area (Å²) in [4.78, 5) is 19.7. The second-order valence-electron chi connectivity index (χ2n) is 3.49. The highest BCUT2D eigenvalue weighted by Crippen LogP contribution is 2.02. The van der Waals surface area contributed by atoms with Crippen LogP contribution in [0, 0.1) is 0 Å². The minimum Gasteiger partial charge on any atom is -0.480 e. The first kappa shape index (κ1) is 20.6. The normalized spacial score (nSPS) is 18.3. The van der Waals surface area contributed by atoms with E-state index in [1.165, 1.54) is 0 Å². The zero-order valence-corrected chi connectivity index (χ0v) is 10.8. The number of hydrogen-bond acceptors (Lipinski definition) is 9. The number of carbonyl (C=O) groups excluding carboxylic acids is 1. The molecule has 0 heterocycles. The van der Waals surface area contributed by atoms with Crippen molar-refractivity contribution in [2.24, 2.45) is 5.73 Å². The molecule has 0 aromatic heterocycles. The largest absolute Gasteiger partial charge is 0.480 e. The Morgan fingerprint density at radius 2 is 1.68 bits per heavy atom. The quantitative estimate of drug-likeness (QED) is 0.171. The molecule has 0 aliphatic rings. The number of aliphatic carboxylic acids is 1. The minimum atomic E-state index is -1.79. The molecule has 0 saturated heterocycles. The zero-order valence-electron chi connectivity index (χ0n) is 9.90. The molecule has 0 spiro atoms. The first-order valence-electron chi connectivity index (χ1n) is 5.10. The van der Waals surface area contributed by atoms with Crippen molar-refractivity contribution in [2.45, 2.75) is 30.5 Å². The van der Waals surface area contributed by atoms with Gasteiger partial charge in [-0.25, -0.2) is 0 Å². The van der Waals surface area contributed by atoms with Crippen molar-refractivity contribution in [1.29, 1.82) is 0 Å². The van der Waals surface area contributed by atoms with E-state index in [0.717, 1.165) is 0 Å². The van der Waals surface area contributed by atoms with Crippen LogP contribution in [-0.4, -0.2) is 85.7 Å². The maximum atomic E-state index is 9.90. The van der Waals surface area contributed by atoms with Crippen LogP contribution >= 0.6 is 12.6 Å². The summed E-state index contributed by atoms with van der Waals surface area (Å²) in [6.07, 6.45) is -6.84. The standard InChI is InChI=1S/C6H12O6.C3H7NO2S/c7-1-3(9)5(11)6(12)4(10)2-8;4-2(1-7)3(5)6/h1,3-6,8-12H,2H2;2,7H,1,4H2,(H,5,6)/t3-,4+,5+,6+;2-/m01/s1. The number of aliphatic hydroxyl groups is 5. The molecule has 0 rings (SSSR count). The van der Waals surface area contributed by atoms with Gasteiger partial charge in [0.1, 0.15) is 30.5 Å². The molecule has 0 amide bonds. The van der Waals surface area contributed by atoms with Gasteiger partial charge in [-0.3, -0.25) is 4.79 Å². The van der Waals surface area contributed by atoms with Crippen LogP contribution in [0.4, 0.5) is 0 Å². The molecule has 0 fully saturated rings. The molecular formula is C9H19NO8S. The zero-order chi connectivity index (χ0) is 15.6. The van der Waals surface area contributed by atoms with Crippen LogP contribution in [0.1, 0.15) is 0 Å². The molecule has 9 nitrogen and oxygen atoms in total. The molecule has 0 aromatic rings. The Bertz CT molecular complexity index is 267. The fourth-order valence-corrected chi connectivity index (χ4v) is 0.852. The van der Waals surface area contributed by atoms with Crippen molar-refractivity contribution in [1.82, 2.24) is 0 Å². The number of thiol groups is 1. The molecule has 0 unspecified atom stereocenters. The van der Waals surface area contributed by atoms with Gasteiger partial charge in [-0.1, -0.05) is 0 Å². The molecule has 5 atom stereocenters. The maximum Gasteiger partial charge on any atom is 0.321 e. The third-order valence-electron chi connectivity index (χ3n) is 1.93. The van der Waals surface area contributed by atoms with Crippen LogP contribution in [0.15, 0.2) is 0 Å². The highest BCUT2D eigenvalue weighted by Gasteiger charge is 2.29. The van der Waals surface area contributed by atoms with Crippen molar-refractivity contribution in [3.63, 3.8) is 0 Å². The van der Waals surface area contributed by atoms with Crippen LogP contribution in [0.5, 0.6) is 0 Å². The molecule has 0 radical (unpaired) electrons. The lowest BCUT2D eigenvalue weighted by Gasteiger charge is -2.22. The molecule has 0 bridgehead atoms. The molecule has 114 valence electrons. The van der Waals surface area contributed by atoms with Gasteiger partial charge in [0, 0.05) is 5.75 Å². The van der Waals surface area contributed by atoms with Gasteiger partial charge < -0.3 is 41.2 Å². The summed E-state index contributed by atoms with van der Waals surface area (Å²) >= 11 is 3.65. The van der Waals surface area contributed by atoms with Crippen LogP contribution in [0.2, 0.25) is 0 Å². The van der Waals surface area contributed by atoms with Gasteiger partial charge in [-0.15, -0.1) is 0 Å². The van der Waals surface area contributed by atoms with E-state index in [-0.39, 0.29) is 12.0 Å². The van der Waals surface area contributed by atoms with E-state index in [0.29, 0.717) is 0 Å². The average molecular weight is 301 g/mol. The first-order valence-corrected chi connectivity index (χ1v) is 5.73. The summed E-state index contributed by atoms with van der Waals surface area (Å²) < 4.78 is 0. The lowest BCUT2D eigenvalue weighted by Crippen LogP contribution is -2.46. The summed E-state index contributed by atoms with van der Waals surface area (Å²) in [5, 5.41) is 51.5. The number of carbonyl (C=O) groups is 2. The lowest BCUT2D eigenvalue weighted by atomic mass is 10.0. The Kier molecular flexibility index (Phi) is 12.0. The van der Waals surface area contributed by atoms with Gasteiger partial charge >= 0.3 is 5.97 Å². The Morgan fingerprint density at radius 3 is 1.89 bits per heavy atom. The smallest absolute Gasteiger partial charge is 0.321 e. The summed E-state index contributed by atoms with van der Waals surface area (Å²) in [7, 11) is 0. The monoisotopic (exact) mass is 301 g/mol. The average Bonchev–Trinajstić information content (AvgIpc) is 2.43. The number of aliphatic hydroxyl groups excluding tert-OH is 5. The fraction of sp³-hybridized carbons (Fsp3) is 0.778. The minimum absolute atomic E-state index is 0.0258. The van der Waals surface area contributed by atoms with Gasteiger partial charge in [0.05, 0.1) is 6.61 Å². The van der Waals surface area contributed by atoms with E-state index in [9.17, 15) is 9.59 Å².